The van der Waals surface area contributed by atoms with Crippen LogP contribution in [0.5, 0.6) is 0 Å². The van der Waals surface area contributed by atoms with Crippen LogP contribution in [0.15, 0.2) is 54.6 Å². The molecule has 1 fully saturated rings. The third-order valence-corrected chi connectivity index (χ3v) is 4.95. The minimum absolute atomic E-state index is 0.493. The molecular weight excluding hydrogens is 296 g/mol. The van der Waals surface area contributed by atoms with Crippen LogP contribution in [0.3, 0.4) is 0 Å². The SMILES string of the molecule is CN(C)c1cccc2cc(-c3ccccc3)n(C3CCOCC3)c12. The molecule has 1 aliphatic heterocycles. The number of para-hydroxylation sites is 1. The smallest absolute Gasteiger partial charge is 0.0725 e. The van der Waals surface area contributed by atoms with Crippen LogP contribution in [0, 0.1) is 0 Å². The van der Waals surface area contributed by atoms with Gasteiger partial charge in [0, 0.05) is 44.4 Å². The molecule has 0 aliphatic carbocycles. The van der Waals surface area contributed by atoms with Gasteiger partial charge in [-0.3, -0.25) is 0 Å². The predicted octanol–water partition coefficient (Wildman–Crippen LogP) is 4.73. The van der Waals surface area contributed by atoms with Gasteiger partial charge in [0.1, 0.15) is 0 Å². The van der Waals surface area contributed by atoms with Gasteiger partial charge in [-0.2, -0.15) is 0 Å². The second kappa shape index (κ2) is 6.33. The Bertz CT molecular complexity index is 830. The molecule has 1 saturated heterocycles. The lowest BCUT2D eigenvalue weighted by Crippen LogP contribution is -2.21. The zero-order valence-electron chi connectivity index (χ0n) is 14.4. The van der Waals surface area contributed by atoms with Crippen LogP contribution in [0.4, 0.5) is 5.69 Å². The highest BCUT2D eigenvalue weighted by Gasteiger charge is 2.23. The monoisotopic (exact) mass is 320 g/mol. The summed E-state index contributed by atoms with van der Waals surface area (Å²) in [5, 5.41) is 1.31. The van der Waals surface area contributed by atoms with Crippen molar-refractivity contribution in [2.45, 2.75) is 18.9 Å². The van der Waals surface area contributed by atoms with Gasteiger partial charge >= 0.3 is 0 Å². The third-order valence-electron chi connectivity index (χ3n) is 4.95. The van der Waals surface area contributed by atoms with E-state index in [1.54, 1.807) is 0 Å². The summed E-state index contributed by atoms with van der Waals surface area (Å²) in [7, 11) is 4.25. The van der Waals surface area contributed by atoms with E-state index >= 15 is 0 Å². The maximum atomic E-state index is 5.61. The number of aromatic nitrogens is 1. The summed E-state index contributed by atoms with van der Waals surface area (Å²) >= 11 is 0. The van der Waals surface area contributed by atoms with Gasteiger partial charge in [-0.1, -0.05) is 42.5 Å². The van der Waals surface area contributed by atoms with Crippen molar-refractivity contribution in [2.75, 3.05) is 32.2 Å². The summed E-state index contributed by atoms with van der Waals surface area (Å²) < 4.78 is 8.17. The molecular formula is C21H24N2O. The normalized spacial score (nSPS) is 15.8. The lowest BCUT2D eigenvalue weighted by molar-refractivity contribution is 0.0711. The molecule has 0 unspecified atom stereocenters. The van der Waals surface area contributed by atoms with Crippen LogP contribution in [0.25, 0.3) is 22.2 Å². The van der Waals surface area contributed by atoms with E-state index in [0.717, 1.165) is 26.1 Å². The first kappa shape index (κ1) is 15.3. The van der Waals surface area contributed by atoms with Crippen LogP contribution in [-0.2, 0) is 4.74 Å². The van der Waals surface area contributed by atoms with Crippen molar-refractivity contribution in [3.8, 4) is 11.3 Å². The van der Waals surface area contributed by atoms with Gasteiger partial charge in [-0.25, -0.2) is 0 Å². The third kappa shape index (κ3) is 2.59. The van der Waals surface area contributed by atoms with Crippen LogP contribution in [0.2, 0.25) is 0 Å². The number of hydrogen-bond donors (Lipinski definition) is 0. The van der Waals surface area contributed by atoms with E-state index in [9.17, 15) is 0 Å². The highest BCUT2D eigenvalue weighted by atomic mass is 16.5. The molecule has 3 heteroatoms. The van der Waals surface area contributed by atoms with Gasteiger partial charge in [0.15, 0.2) is 0 Å². The molecule has 0 radical (unpaired) electrons. The average molecular weight is 320 g/mol. The Morgan fingerprint density at radius 2 is 1.71 bits per heavy atom. The van der Waals surface area contributed by atoms with Gasteiger partial charge in [-0.05, 0) is 30.5 Å². The fraction of sp³-hybridized carbons (Fsp3) is 0.333. The number of benzene rings is 2. The van der Waals surface area contributed by atoms with Gasteiger partial charge in [0.25, 0.3) is 0 Å². The molecule has 0 amide bonds. The van der Waals surface area contributed by atoms with Gasteiger partial charge in [-0.15, -0.1) is 0 Å². The molecule has 4 rings (SSSR count). The van der Waals surface area contributed by atoms with E-state index < -0.39 is 0 Å². The molecule has 0 bridgehead atoms. The fourth-order valence-corrected chi connectivity index (χ4v) is 3.78. The van der Waals surface area contributed by atoms with Gasteiger partial charge in [0.05, 0.1) is 11.2 Å². The van der Waals surface area contributed by atoms with E-state index in [2.05, 4.69) is 78.2 Å². The number of fused-ring (bicyclic) bond motifs is 1. The highest BCUT2D eigenvalue weighted by Crippen LogP contribution is 2.38. The largest absolute Gasteiger partial charge is 0.381 e. The molecule has 0 atom stereocenters. The molecule has 0 saturated carbocycles. The molecule has 2 aromatic carbocycles. The lowest BCUT2D eigenvalue weighted by Gasteiger charge is -2.28. The maximum absolute atomic E-state index is 5.61. The quantitative estimate of drug-likeness (QED) is 0.694. The molecule has 124 valence electrons. The van der Waals surface area contributed by atoms with Crippen molar-refractivity contribution in [3.63, 3.8) is 0 Å². The first-order valence-corrected chi connectivity index (χ1v) is 8.70. The van der Waals surface area contributed by atoms with Crippen molar-refractivity contribution in [3.05, 3.63) is 54.6 Å². The Morgan fingerprint density at radius 1 is 0.958 bits per heavy atom. The van der Waals surface area contributed by atoms with E-state index in [4.69, 9.17) is 4.74 Å². The van der Waals surface area contributed by atoms with Crippen LogP contribution in [-0.4, -0.2) is 31.9 Å². The summed E-state index contributed by atoms with van der Waals surface area (Å²) in [4.78, 5) is 2.22. The predicted molar refractivity (Wildman–Crippen MR) is 101 cm³/mol. The topological polar surface area (TPSA) is 17.4 Å². The van der Waals surface area contributed by atoms with Crippen molar-refractivity contribution in [2.24, 2.45) is 0 Å². The second-order valence-corrected chi connectivity index (χ2v) is 6.72. The molecule has 0 spiro atoms. The molecule has 2 heterocycles. The molecule has 24 heavy (non-hydrogen) atoms. The van der Waals surface area contributed by atoms with E-state index in [0.29, 0.717) is 6.04 Å². The highest BCUT2D eigenvalue weighted by molar-refractivity contribution is 5.96. The molecule has 0 N–H and O–H groups in total. The van der Waals surface area contributed by atoms with Gasteiger partial charge in [0.2, 0.25) is 0 Å². The minimum atomic E-state index is 0.493. The van der Waals surface area contributed by atoms with Crippen LogP contribution >= 0.6 is 0 Å². The molecule has 3 nitrogen and oxygen atoms in total. The Hall–Kier alpha value is -2.26. The zero-order chi connectivity index (χ0) is 16.5. The Labute approximate surface area is 143 Å². The number of ether oxygens (including phenoxy) is 1. The van der Waals surface area contributed by atoms with E-state index in [1.165, 1.54) is 27.8 Å². The lowest BCUT2D eigenvalue weighted by atomic mass is 10.1. The van der Waals surface area contributed by atoms with Crippen molar-refractivity contribution in [1.82, 2.24) is 4.57 Å². The number of rotatable bonds is 3. The minimum Gasteiger partial charge on any atom is -0.381 e. The Kier molecular flexibility index (Phi) is 4.03. The summed E-state index contributed by atoms with van der Waals surface area (Å²) in [5.74, 6) is 0. The summed E-state index contributed by atoms with van der Waals surface area (Å²) in [6.45, 7) is 1.70. The molecule has 1 aromatic heterocycles. The number of hydrogen-bond acceptors (Lipinski definition) is 2. The summed E-state index contributed by atoms with van der Waals surface area (Å²) in [5.41, 5.74) is 5.21. The average Bonchev–Trinajstić information content (AvgIpc) is 3.02. The Morgan fingerprint density at radius 3 is 2.42 bits per heavy atom. The summed E-state index contributed by atoms with van der Waals surface area (Å²) in [6, 6.07) is 20.2. The summed E-state index contributed by atoms with van der Waals surface area (Å²) in [6.07, 6.45) is 2.15. The fourth-order valence-electron chi connectivity index (χ4n) is 3.78. The number of anilines is 1. The number of nitrogens with zero attached hydrogens (tertiary/aromatic N) is 2. The standard InChI is InChI=1S/C21H24N2O/c1-22(2)19-10-6-9-17-15-20(16-7-4-3-5-8-16)23(21(17)19)18-11-13-24-14-12-18/h3-10,15,18H,11-14H2,1-2H3. The van der Waals surface area contributed by atoms with Crippen molar-refractivity contribution >= 4 is 16.6 Å². The van der Waals surface area contributed by atoms with Crippen LogP contribution < -0.4 is 4.90 Å². The second-order valence-electron chi connectivity index (χ2n) is 6.72. The zero-order valence-corrected chi connectivity index (χ0v) is 14.4. The molecule has 1 aliphatic rings. The van der Waals surface area contributed by atoms with Crippen molar-refractivity contribution in [1.29, 1.82) is 0 Å². The Balaban J connectivity index is 1.99. The first-order chi connectivity index (χ1) is 11.8. The van der Waals surface area contributed by atoms with E-state index in [1.807, 2.05) is 0 Å². The maximum Gasteiger partial charge on any atom is 0.0725 e. The first-order valence-electron chi connectivity index (χ1n) is 8.70. The molecule has 3 aromatic rings. The van der Waals surface area contributed by atoms with E-state index in [-0.39, 0.29) is 0 Å². The van der Waals surface area contributed by atoms with Gasteiger partial charge < -0.3 is 14.2 Å². The van der Waals surface area contributed by atoms with Crippen molar-refractivity contribution < 1.29 is 4.74 Å². The van der Waals surface area contributed by atoms with Crippen LogP contribution in [0.1, 0.15) is 18.9 Å².